The van der Waals surface area contributed by atoms with Gasteiger partial charge in [-0.3, -0.25) is 4.90 Å². The van der Waals surface area contributed by atoms with Gasteiger partial charge in [-0.25, -0.2) is 9.59 Å². The Balaban J connectivity index is 1.80. The molecule has 0 unspecified atom stereocenters. The molecule has 1 fully saturated rings. The number of rotatable bonds is 5. The van der Waals surface area contributed by atoms with E-state index in [0.29, 0.717) is 29.1 Å². The van der Waals surface area contributed by atoms with Crippen LogP contribution in [0.2, 0.25) is 0 Å². The molecular weight excluding hydrogens is 481 g/mol. The van der Waals surface area contributed by atoms with E-state index < -0.39 is 35.4 Å². The number of likely N-dealkylation sites (tertiary alicyclic amines) is 1. The zero-order chi connectivity index (χ0) is 26.8. The van der Waals surface area contributed by atoms with Crippen LogP contribution in [0, 0.1) is 6.92 Å². The molecule has 0 saturated carbocycles. The van der Waals surface area contributed by atoms with Crippen molar-refractivity contribution in [3.63, 3.8) is 0 Å². The van der Waals surface area contributed by atoms with Crippen molar-refractivity contribution < 1.29 is 37.3 Å². The number of carboxylic acid groups (broad SMARTS) is 1. The number of nitrogens with one attached hydrogen (secondary N) is 1. The minimum atomic E-state index is -4.51. The van der Waals surface area contributed by atoms with Gasteiger partial charge in [-0.05, 0) is 70.4 Å². The van der Waals surface area contributed by atoms with Crippen molar-refractivity contribution in [3.05, 3.63) is 35.4 Å². The van der Waals surface area contributed by atoms with Gasteiger partial charge in [0.05, 0.1) is 18.4 Å². The predicted octanol–water partition coefficient (Wildman–Crippen LogP) is 4.74. The molecule has 36 heavy (non-hydrogen) atoms. The predicted molar refractivity (Wildman–Crippen MR) is 125 cm³/mol. The monoisotopic (exact) mass is 510 g/mol. The summed E-state index contributed by atoms with van der Waals surface area (Å²) >= 11 is 0. The lowest BCUT2D eigenvalue weighted by molar-refractivity contribution is -0.144. The molecule has 196 valence electrons. The van der Waals surface area contributed by atoms with E-state index in [2.05, 4.69) is 15.5 Å². The lowest BCUT2D eigenvalue weighted by Crippen LogP contribution is -2.55. The van der Waals surface area contributed by atoms with Gasteiger partial charge in [-0.1, -0.05) is 0 Å². The van der Waals surface area contributed by atoms with Crippen LogP contribution >= 0.6 is 0 Å². The number of aryl methyl sites for hydroxylation is 1. The maximum Gasteiger partial charge on any atom is 0.416 e. The van der Waals surface area contributed by atoms with Crippen molar-refractivity contribution in [2.75, 3.05) is 19.0 Å². The molecule has 2 heterocycles. The molecule has 0 aliphatic carbocycles. The summed E-state index contributed by atoms with van der Waals surface area (Å²) in [7, 11) is 1.28. The Morgan fingerprint density at radius 2 is 1.83 bits per heavy atom. The van der Waals surface area contributed by atoms with E-state index in [9.17, 15) is 27.9 Å². The van der Waals surface area contributed by atoms with Crippen molar-refractivity contribution in [1.82, 2.24) is 15.1 Å². The third-order valence-corrected chi connectivity index (χ3v) is 5.62. The third kappa shape index (κ3) is 6.35. The van der Waals surface area contributed by atoms with E-state index in [1.807, 2.05) is 0 Å². The minimum Gasteiger partial charge on any atom is -0.496 e. The first-order valence-corrected chi connectivity index (χ1v) is 11.3. The Kier molecular flexibility index (Phi) is 7.65. The summed E-state index contributed by atoms with van der Waals surface area (Å²) in [4.78, 5) is 25.5. The Morgan fingerprint density at radius 1 is 1.14 bits per heavy atom. The number of aromatic nitrogens is 2. The van der Waals surface area contributed by atoms with Gasteiger partial charge in [0.1, 0.15) is 23.2 Å². The fraction of sp³-hybridized carbons (Fsp3) is 0.500. The highest BCUT2D eigenvalue weighted by Crippen LogP contribution is 2.37. The fourth-order valence-electron chi connectivity index (χ4n) is 3.96. The van der Waals surface area contributed by atoms with E-state index in [1.54, 1.807) is 33.8 Å². The van der Waals surface area contributed by atoms with Gasteiger partial charge in [-0.15, -0.1) is 10.2 Å². The first-order valence-electron chi connectivity index (χ1n) is 11.3. The highest BCUT2D eigenvalue weighted by atomic mass is 19.4. The second-order valence-corrected chi connectivity index (χ2v) is 9.58. The number of alkyl halides is 3. The van der Waals surface area contributed by atoms with Gasteiger partial charge < -0.3 is 19.9 Å². The number of carboxylic acids is 1. The number of aliphatic carboxylic acids is 1. The van der Waals surface area contributed by atoms with Crippen LogP contribution in [0.25, 0.3) is 11.3 Å². The number of ether oxygens (including phenoxy) is 2. The standard InChI is InChI=1S/C24H29F3N4O5/c1-13-10-19(29-30-20(13)16-8-6-14(24(25,26)27)11-18(16)35-5)28-15-7-9-17(21(32)33)31(12-15)22(34)36-23(2,3)4/h6,8,10-11,15,17H,7,9,12H2,1-5H3,(H,28,29)(H,32,33)/t15-,17+/m1/s1. The zero-order valence-electron chi connectivity index (χ0n) is 20.6. The summed E-state index contributed by atoms with van der Waals surface area (Å²) in [6, 6.07) is 3.53. The van der Waals surface area contributed by atoms with Crippen molar-refractivity contribution in [2.45, 2.75) is 64.4 Å². The Hall–Kier alpha value is -3.57. The number of piperidine rings is 1. The normalized spacial score (nSPS) is 18.5. The van der Waals surface area contributed by atoms with Crippen LogP contribution in [-0.2, 0) is 15.7 Å². The number of carbonyl (C=O) groups is 2. The van der Waals surface area contributed by atoms with E-state index >= 15 is 0 Å². The van der Waals surface area contributed by atoms with Gasteiger partial charge in [-0.2, -0.15) is 13.2 Å². The number of benzene rings is 1. The number of hydrogen-bond acceptors (Lipinski definition) is 7. The Morgan fingerprint density at radius 3 is 2.39 bits per heavy atom. The number of nitrogens with zero attached hydrogens (tertiary/aromatic N) is 3. The number of methoxy groups -OCH3 is 1. The molecule has 9 nitrogen and oxygen atoms in total. The van der Waals surface area contributed by atoms with Gasteiger partial charge in [0.25, 0.3) is 0 Å². The molecule has 3 rings (SSSR count). The molecule has 0 radical (unpaired) electrons. The summed E-state index contributed by atoms with van der Waals surface area (Å²) in [6.07, 6.45) is -4.54. The quantitative estimate of drug-likeness (QED) is 0.593. The highest BCUT2D eigenvalue weighted by Gasteiger charge is 2.38. The first kappa shape index (κ1) is 27.0. The fourth-order valence-corrected chi connectivity index (χ4v) is 3.96. The van der Waals surface area contributed by atoms with Crippen LogP contribution < -0.4 is 10.1 Å². The van der Waals surface area contributed by atoms with Crippen LogP contribution in [0.4, 0.5) is 23.8 Å². The molecule has 1 aliphatic heterocycles. The van der Waals surface area contributed by atoms with Crippen LogP contribution in [0.3, 0.4) is 0 Å². The summed E-state index contributed by atoms with van der Waals surface area (Å²) in [5.74, 6) is -0.710. The van der Waals surface area contributed by atoms with E-state index in [-0.39, 0.29) is 24.8 Å². The molecule has 1 aromatic carbocycles. The van der Waals surface area contributed by atoms with Gasteiger partial charge in [0.2, 0.25) is 0 Å². The van der Waals surface area contributed by atoms with Gasteiger partial charge >= 0.3 is 18.2 Å². The third-order valence-electron chi connectivity index (χ3n) is 5.62. The highest BCUT2D eigenvalue weighted by molar-refractivity contribution is 5.80. The second-order valence-electron chi connectivity index (χ2n) is 9.58. The smallest absolute Gasteiger partial charge is 0.416 e. The van der Waals surface area contributed by atoms with Crippen LogP contribution in [0.1, 0.15) is 44.7 Å². The number of hydrogen-bond donors (Lipinski definition) is 2. The number of carbonyl (C=O) groups excluding carboxylic acids is 1. The minimum absolute atomic E-state index is 0.0166. The molecule has 1 saturated heterocycles. The largest absolute Gasteiger partial charge is 0.496 e. The van der Waals surface area contributed by atoms with E-state index in [1.165, 1.54) is 18.1 Å². The summed E-state index contributed by atoms with van der Waals surface area (Å²) < 4.78 is 49.7. The zero-order valence-corrected chi connectivity index (χ0v) is 20.6. The second kappa shape index (κ2) is 10.2. The molecule has 0 spiro atoms. The van der Waals surface area contributed by atoms with Crippen molar-refractivity contribution in [1.29, 1.82) is 0 Å². The van der Waals surface area contributed by atoms with Gasteiger partial charge in [0, 0.05) is 18.2 Å². The maximum atomic E-state index is 13.1. The molecule has 1 amide bonds. The molecule has 2 aromatic rings. The van der Waals surface area contributed by atoms with Crippen molar-refractivity contribution >= 4 is 17.9 Å². The van der Waals surface area contributed by atoms with E-state index in [4.69, 9.17) is 9.47 Å². The van der Waals surface area contributed by atoms with E-state index in [0.717, 1.165) is 12.1 Å². The Labute approximate surface area is 206 Å². The lowest BCUT2D eigenvalue weighted by Gasteiger charge is -2.38. The van der Waals surface area contributed by atoms with Crippen LogP contribution in [0.15, 0.2) is 24.3 Å². The number of halogens is 3. The average molecular weight is 511 g/mol. The van der Waals surface area contributed by atoms with Crippen LogP contribution in [-0.4, -0.2) is 63.6 Å². The summed E-state index contributed by atoms with van der Waals surface area (Å²) in [5, 5.41) is 21.1. The maximum absolute atomic E-state index is 13.1. The van der Waals surface area contributed by atoms with Crippen molar-refractivity contribution in [3.8, 4) is 17.0 Å². The molecular formula is C24H29F3N4O5. The molecule has 12 heteroatoms. The molecule has 1 aliphatic rings. The average Bonchev–Trinajstić information content (AvgIpc) is 2.77. The molecule has 1 aromatic heterocycles. The van der Waals surface area contributed by atoms with Crippen molar-refractivity contribution in [2.24, 2.45) is 0 Å². The van der Waals surface area contributed by atoms with Gasteiger partial charge in [0.15, 0.2) is 0 Å². The topological polar surface area (TPSA) is 114 Å². The number of amides is 1. The molecule has 0 bridgehead atoms. The molecule has 2 N–H and O–H groups in total. The molecule has 2 atom stereocenters. The Bertz CT molecular complexity index is 1130. The summed E-state index contributed by atoms with van der Waals surface area (Å²) in [5.41, 5.74) is -0.262. The first-order chi connectivity index (χ1) is 16.7. The lowest BCUT2D eigenvalue weighted by atomic mass is 9.98. The number of anilines is 1. The SMILES string of the molecule is COc1cc(C(F)(F)F)ccc1-c1nnc(N[C@@H]2CC[C@@H](C(=O)O)N(C(=O)OC(C)(C)C)C2)cc1C. The summed E-state index contributed by atoms with van der Waals surface area (Å²) in [6.45, 7) is 6.92. The van der Waals surface area contributed by atoms with Crippen LogP contribution in [0.5, 0.6) is 5.75 Å².